The van der Waals surface area contributed by atoms with Gasteiger partial charge in [0.1, 0.15) is 4.21 Å². The molecule has 1 fully saturated rings. The molecule has 0 unspecified atom stereocenters. The van der Waals surface area contributed by atoms with Crippen molar-refractivity contribution >= 4 is 39.0 Å². The Morgan fingerprint density at radius 3 is 2.44 bits per heavy atom. The van der Waals surface area contributed by atoms with Crippen LogP contribution in [0.1, 0.15) is 40.8 Å². The largest absolute Gasteiger partial charge is 0.478 e. The molecule has 1 saturated heterocycles. The molecule has 27 heavy (non-hydrogen) atoms. The van der Waals surface area contributed by atoms with E-state index in [-0.39, 0.29) is 9.78 Å². The molecule has 0 radical (unpaired) electrons. The lowest BCUT2D eigenvalue weighted by molar-refractivity contribution is -0.130. The lowest BCUT2D eigenvalue weighted by atomic mass is 10.0. The minimum atomic E-state index is -3.56. The normalized spacial score (nSPS) is 16.4. The Labute approximate surface area is 164 Å². The number of carboxylic acid groups (broad SMARTS) is 1. The van der Waals surface area contributed by atoms with E-state index >= 15 is 0 Å². The first-order valence-electron chi connectivity index (χ1n) is 8.91. The minimum absolute atomic E-state index is 0.104. The summed E-state index contributed by atoms with van der Waals surface area (Å²) in [6.45, 7) is 4.97. The Morgan fingerprint density at radius 1 is 1.11 bits per heavy atom. The van der Waals surface area contributed by atoms with Gasteiger partial charge >= 0.3 is 5.97 Å². The molecule has 2 aromatic rings. The standard InChI is InChI=1S/C20H23NO4S2/c1-14-6-7-16(15(2)12-14)13-17(20(22)23)18-8-9-19(26-18)27(24,25)21-10-4-3-5-11-21/h6-9,12-13H,3-5,10-11H2,1-2H3,(H,22,23)/b17-13-. The lowest BCUT2D eigenvalue weighted by Gasteiger charge is -2.25. The number of hydrogen-bond donors (Lipinski definition) is 1. The summed E-state index contributed by atoms with van der Waals surface area (Å²) < 4.78 is 27.3. The summed E-state index contributed by atoms with van der Waals surface area (Å²) in [6.07, 6.45) is 4.39. The van der Waals surface area contributed by atoms with Crippen LogP contribution in [0.4, 0.5) is 0 Å². The van der Waals surface area contributed by atoms with Gasteiger partial charge in [-0.3, -0.25) is 0 Å². The summed E-state index contributed by atoms with van der Waals surface area (Å²) in [5.74, 6) is -1.07. The van der Waals surface area contributed by atoms with Crippen molar-refractivity contribution in [2.75, 3.05) is 13.1 Å². The highest BCUT2D eigenvalue weighted by Gasteiger charge is 2.28. The summed E-state index contributed by atoms with van der Waals surface area (Å²) in [5, 5.41) is 9.67. The number of rotatable bonds is 5. The van der Waals surface area contributed by atoms with Crippen LogP contribution in [0.5, 0.6) is 0 Å². The first-order valence-corrected chi connectivity index (χ1v) is 11.2. The van der Waals surface area contributed by atoms with E-state index in [1.165, 1.54) is 10.4 Å². The van der Waals surface area contributed by atoms with Crippen molar-refractivity contribution in [1.29, 1.82) is 0 Å². The molecule has 0 aliphatic carbocycles. The summed E-state index contributed by atoms with van der Waals surface area (Å²) in [7, 11) is -3.56. The summed E-state index contributed by atoms with van der Waals surface area (Å²) in [5.41, 5.74) is 3.00. The zero-order valence-electron chi connectivity index (χ0n) is 15.4. The molecule has 3 rings (SSSR count). The second-order valence-electron chi connectivity index (χ2n) is 6.81. The second kappa shape index (κ2) is 7.96. The van der Waals surface area contributed by atoms with Gasteiger partial charge in [0, 0.05) is 18.0 Å². The van der Waals surface area contributed by atoms with Crippen LogP contribution < -0.4 is 0 Å². The number of aryl methyl sites for hydroxylation is 2. The Morgan fingerprint density at radius 2 is 1.81 bits per heavy atom. The molecule has 0 bridgehead atoms. The molecule has 1 aliphatic heterocycles. The predicted molar refractivity (Wildman–Crippen MR) is 108 cm³/mol. The van der Waals surface area contributed by atoms with Crippen LogP contribution in [0.25, 0.3) is 11.6 Å². The number of thiophene rings is 1. The fourth-order valence-corrected chi connectivity index (χ4v) is 6.20. The van der Waals surface area contributed by atoms with E-state index in [1.54, 1.807) is 12.1 Å². The zero-order valence-corrected chi connectivity index (χ0v) is 17.1. The lowest BCUT2D eigenvalue weighted by Crippen LogP contribution is -2.35. The monoisotopic (exact) mass is 405 g/mol. The zero-order chi connectivity index (χ0) is 19.6. The van der Waals surface area contributed by atoms with Crippen LogP contribution >= 0.6 is 11.3 Å². The number of carbonyl (C=O) groups is 1. The van der Waals surface area contributed by atoms with Crippen LogP contribution in [-0.4, -0.2) is 36.9 Å². The molecule has 144 valence electrons. The van der Waals surface area contributed by atoms with Gasteiger partial charge in [-0.15, -0.1) is 11.3 Å². The molecule has 0 spiro atoms. The molecule has 0 atom stereocenters. The van der Waals surface area contributed by atoms with Crippen molar-refractivity contribution in [1.82, 2.24) is 4.31 Å². The van der Waals surface area contributed by atoms with E-state index in [9.17, 15) is 18.3 Å². The fourth-order valence-electron chi connectivity index (χ4n) is 3.22. The van der Waals surface area contributed by atoms with Gasteiger partial charge in [-0.05, 0) is 56.0 Å². The maximum absolute atomic E-state index is 12.8. The van der Waals surface area contributed by atoms with Gasteiger partial charge in [0.25, 0.3) is 10.0 Å². The molecule has 1 aliphatic rings. The van der Waals surface area contributed by atoms with Gasteiger partial charge in [-0.1, -0.05) is 30.2 Å². The summed E-state index contributed by atoms with van der Waals surface area (Å²) >= 11 is 1.02. The highest BCUT2D eigenvalue weighted by atomic mass is 32.2. The molecular formula is C20H23NO4S2. The van der Waals surface area contributed by atoms with Crippen molar-refractivity contribution in [3.63, 3.8) is 0 Å². The van der Waals surface area contributed by atoms with E-state index < -0.39 is 16.0 Å². The van der Waals surface area contributed by atoms with E-state index in [2.05, 4.69) is 0 Å². The van der Waals surface area contributed by atoms with Crippen LogP contribution in [0.3, 0.4) is 0 Å². The molecular weight excluding hydrogens is 382 g/mol. The molecule has 0 amide bonds. The highest BCUT2D eigenvalue weighted by Crippen LogP contribution is 2.32. The molecule has 7 heteroatoms. The number of sulfonamides is 1. The third kappa shape index (κ3) is 4.31. The summed E-state index contributed by atoms with van der Waals surface area (Å²) in [4.78, 5) is 12.3. The van der Waals surface area contributed by atoms with Gasteiger partial charge in [0.15, 0.2) is 0 Å². The molecule has 1 N–H and O–H groups in total. The SMILES string of the molecule is Cc1ccc(/C=C(\C(=O)O)c2ccc(S(=O)(=O)N3CCCCC3)s2)c(C)c1. The quantitative estimate of drug-likeness (QED) is 0.758. The molecule has 2 heterocycles. The van der Waals surface area contributed by atoms with Gasteiger partial charge in [-0.2, -0.15) is 4.31 Å². The van der Waals surface area contributed by atoms with Crippen molar-refractivity contribution in [2.45, 2.75) is 37.3 Å². The maximum Gasteiger partial charge on any atom is 0.337 e. The van der Waals surface area contributed by atoms with Gasteiger partial charge in [-0.25, -0.2) is 13.2 Å². The smallest absolute Gasteiger partial charge is 0.337 e. The number of hydrogen-bond acceptors (Lipinski definition) is 4. The average molecular weight is 406 g/mol. The van der Waals surface area contributed by atoms with Gasteiger partial charge in [0.2, 0.25) is 0 Å². The molecule has 1 aromatic heterocycles. The fraction of sp³-hybridized carbons (Fsp3) is 0.350. The Bertz CT molecular complexity index is 983. The molecule has 0 saturated carbocycles. The maximum atomic E-state index is 12.8. The first kappa shape index (κ1) is 19.8. The molecule has 5 nitrogen and oxygen atoms in total. The van der Waals surface area contributed by atoms with E-state index in [0.717, 1.165) is 47.3 Å². The van der Waals surface area contributed by atoms with Crippen LogP contribution in [0.15, 0.2) is 34.5 Å². The van der Waals surface area contributed by atoms with E-state index in [4.69, 9.17) is 0 Å². The highest BCUT2D eigenvalue weighted by molar-refractivity contribution is 7.91. The van der Waals surface area contributed by atoms with E-state index in [1.807, 2.05) is 32.0 Å². The number of benzene rings is 1. The Kier molecular flexibility index (Phi) is 5.83. The number of carboxylic acids is 1. The third-order valence-electron chi connectivity index (χ3n) is 4.71. The number of piperidine rings is 1. The van der Waals surface area contributed by atoms with Crippen LogP contribution in [0, 0.1) is 13.8 Å². The third-order valence-corrected chi connectivity index (χ3v) is 8.20. The van der Waals surface area contributed by atoms with Crippen molar-refractivity contribution in [2.24, 2.45) is 0 Å². The second-order valence-corrected chi connectivity index (χ2v) is 10.1. The molecule has 1 aromatic carbocycles. The van der Waals surface area contributed by atoms with Gasteiger partial charge in [0.05, 0.1) is 5.57 Å². The Hall–Kier alpha value is -1.96. The summed E-state index contributed by atoms with van der Waals surface area (Å²) in [6, 6.07) is 8.91. The van der Waals surface area contributed by atoms with Crippen LogP contribution in [0.2, 0.25) is 0 Å². The number of nitrogens with zero attached hydrogens (tertiary/aromatic N) is 1. The average Bonchev–Trinajstić information content (AvgIpc) is 3.12. The van der Waals surface area contributed by atoms with Crippen molar-refractivity contribution in [3.05, 3.63) is 51.9 Å². The number of aliphatic carboxylic acids is 1. The van der Waals surface area contributed by atoms with Gasteiger partial charge < -0.3 is 5.11 Å². The van der Waals surface area contributed by atoms with Crippen molar-refractivity contribution in [3.8, 4) is 0 Å². The van der Waals surface area contributed by atoms with Crippen LogP contribution in [-0.2, 0) is 14.8 Å². The predicted octanol–water partition coefficient (Wildman–Crippen LogP) is 4.16. The Balaban J connectivity index is 1.96. The topological polar surface area (TPSA) is 74.7 Å². The minimum Gasteiger partial charge on any atom is -0.478 e. The first-order chi connectivity index (χ1) is 12.8. The van der Waals surface area contributed by atoms with Crippen molar-refractivity contribution < 1.29 is 18.3 Å². The van der Waals surface area contributed by atoms with E-state index in [0.29, 0.717) is 18.0 Å².